The highest BCUT2D eigenvalue weighted by Gasteiger charge is 2.22. The van der Waals surface area contributed by atoms with Gasteiger partial charge in [0.25, 0.3) is 10.0 Å². The number of rotatable bonds is 3. The zero-order valence-corrected chi connectivity index (χ0v) is 11.0. The van der Waals surface area contributed by atoms with Gasteiger partial charge in [-0.2, -0.15) is 10.2 Å². The van der Waals surface area contributed by atoms with Gasteiger partial charge in [0.1, 0.15) is 4.90 Å². The Morgan fingerprint density at radius 2 is 2.11 bits per heavy atom. The van der Waals surface area contributed by atoms with E-state index in [-0.39, 0.29) is 16.5 Å². The molecule has 0 saturated carbocycles. The van der Waals surface area contributed by atoms with Crippen LogP contribution in [0.15, 0.2) is 11.1 Å². The summed E-state index contributed by atoms with van der Waals surface area (Å²) < 4.78 is 27.9. The fourth-order valence-electron chi connectivity index (χ4n) is 1.46. The third kappa shape index (κ3) is 2.04. The minimum Gasteiger partial charge on any atom is -0.381 e. The number of hydrogen-bond acceptors (Lipinski definition) is 5. The Kier molecular flexibility index (Phi) is 2.77. The lowest BCUT2D eigenvalue weighted by atomic mass is 10.3. The summed E-state index contributed by atoms with van der Waals surface area (Å²) in [6.45, 7) is 3.57. The molecule has 0 radical (unpaired) electrons. The van der Waals surface area contributed by atoms with Crippen molar-refractivity contribution in [2.75, 3.05) is 10.5 Å². The van der Waals surface area contributed by atoms with Gasteiger partial charge in [0.05, 0.1) is 0 Å². The Balaban J connectivity index is 2.39. The number of nitrogen functional groups attached to an aromatic ring is 1. The molecule has 0 spiro atoms. The highest BCUT2D eigenvalue weighted by molar-refractivity contribution is 7.92. The predicted octanol–water partition coefficient (Wildman–Crippen LogP) is 0.143. The average Bonchev–Trinajstić information content (AvgIpc) is 2.75. The van der Waals surface area contributed by atoms with Crippen molar-refractivity contribution in [1.82, 2.24) is 20.0 Å². The van der Waals surface area contributed by atoms with Gasteiger partial charge < -0.3 is 5.73 Å². The van der Waals surface area contributed by atoms with Crippen molar-refractivity contribution in [2.24, 2.45) is 7.05 Å². The molecule has 2 rings (SSSR count). The Bertz CT molecular complexity index is 684. The molecule has 2 heterocycles. The van der Waals surface area contributed by atoms with E-state index < -0.39 is 10.0 Å². The first-order valence-corrected chi connectivity index (χ1v) is 6.63. The molecule has 0 amide bonds. The van der Waals surface area contributed by atoms with Gasteiger partial charge in [0, 0.05) is 24.5 Å². The molecule has 98 valence electrons. The van der Waals surface area contributed by atoms with E-state index in [4.69, 9.17) is 5.73 Å². The molecular weight excluding hydrogens is 256 g/mol. The van der Waals surface area contributed by atoms with Crippen LogP contribution in [0.5, 0.6) is 0 Å². The standard InChI is InChI=1S/C9H14N6O2S/c1-5-6(2)11-12-9(5)14-18(16,17)7-4-15(3)13-8(7)10/h4H,1-3H3,(H2,10,13)(H2,11,12,14). The number of aromatic nitrogens is 4. The second-order valence-corrected chi connectivity index (χ2v) is 5.63. The summed E-state index contributed by atoms with van der Waals surface area (Å²) in [4.78, 5) is -0.0648. The van der Waals surface area contributed by atoms with Crippen LogP contribution in [-0.4, -0.2) is 28.4 Å². The van der Waals surface area contributed by atoms with Gasteiger partial charge in [-0.3, -0.25) is 14.5 Å². The molecule has 0 aromatic carbocycles. The van der Waals surface area contributed by atoms with Crippen LogP contribution in [0.1, 0.15) is 11.3 Å². The van der Waals surface area contributed by atoms with Gasteiger partial charge in [0.2, 0.25) is 0 Å². The molecule has 18 heavy (non-hydrogen) atoms. The van der Waals surface area contributed by atoms with E-state index in [0.717, 1.165) is 11.3 Å². The first-order chi connectivity index (χ1) is 8.31. The van der Waals surface area contributed by atoms with Gasteiger partial charge in [-0.15, -0.1) is 0 Å². The fourth-order valence-corrected chi connectivity index (χ4v) is 2.63. The molecule has 2 aromatic rings. The van der Waals surface area contributed by atoms with Crippen LogP contribution in [0, 0.1) is 13.8 Å². The van der Waals surface area contributed by atoms with E-state index in [2.05, 4.69) is 20.0 Å². The van der Waals surface area contributed by atoms with Crippen LogP contribution in [0.4, 0.5) is 11.6 Å². The molecule has 0 aliphatic carbocycles. The van der Waals surface area contributed by atoms with Gasteiger partial charge in [-0.05, 0) is 13.8 Å². The van der Waals surface area contributed by atoms with Crippen molar-refractivity contribution in [1.29, 1.82) is 0 Å². The average molecular weight is 270 g/mol. The van der Waals surface area contributed by atoms with E-state index in [1.54, 1.807) is 20.9 Å². The van der Waals surface area contributed by atoms with E-state index in [1.165, 1.54) is 10.9 Å². The Morgan fingerprint density at radius 3 is 2.56 bits per heavy atom. The summed E-state index contributed by atoms with van der Waals surface area (Å²) in [5.74, 6) is 0.214. The summed E-state index contributed by atoms with van der Waals surface area (Å²) in [6, 6.07) is 0. The molecule has 0 bridgehead atoms. The number of aryl methyl sites for hydroxylation is 2. The van der Waals surface area contributed by atoms with E-state index in [1.807, 2.05) is 0 Å². The maximum Gasteiger partial charge on any atom is 0.268 e. The zero-order valence-electron chi connectivity index (χ0n) is 10.2. The number of aromatic amines is 1. The normalized spacial score (nSPS) is 11.7. The maximum atomic E-state index is 12.1. The molecule has 8 nitrogen and oxygen atoms in total. The molecule has 0 aliphatic rings. The van der Waals surface area contributed by atoms with Gasteiger partial charge in [-0.25, -0.2) is 8.42 Å². The molecular formula is C9H14N6O2S. The summed E-state index contributed by atoms with van der Waals surface area (Å²) in [6.07, 6.45) is 1.34. The van der Waals surface area contributed by atoms with Crippen molar-refractivity contribution in [3.05, 3.63) is 17.5 Å². The van der Waals surface area contributed by atoms with Crippen LogP contribution in [0.3, 0.4) is 0 Å². The van der Waals surface area contributed by atoms with E-state index >= 15 is 0 Å². The minimum absolute atomic E-state index is 0.0464. The third-order valence-electron chi connectivity index (χ3n) is 2.60. The van der Waals surface area contributed by atoms with Crippen LogP contribution < -0.4 is 10.5 Å². The lowest BCUT2D eigenvalue weighted by Gasteiger charge is -2.04. The van der Waals surface area contributed by atoms with Gasteiger partial charge >= 0.3 is 0 Å². The Morgan fingerprint density at radius 1 is 1.44 bits per heavy atom. The first-order valence-electron chi connectivity index (χ1n) is 5.15. The van der Waals surface area contributed by atoms with Crippen LogP contribution in [0.25, 0.3) is 0 Å². The van der Waals surface area contributed by atoms with Crippen LogP contribution in [-0.2, 0) is 17.1 Å². The summed E-state index contributed by atoms with van der Waals surface area (Å²) in [5, 5.41) is 10.4. The van der Waals surface area contributed by atoms with E-state index in [0.29, 0.717) is 0 Å². The summed E-state index contributed by atoms with van der Waals surface area (Å²) in [5.41, 5.74) is 7.08. The largest absolute Gasteiger partial charge is 0.381 e. The number of hydrogen-bond donors (Lipinski definition) is 3. The quantitative estimate of drug-likeness (QED) is 0.733. The molecule has 4 N–H and O–H groups in total. The fraction of sp³-hybridized carbons (Fsp3) is 0.333. The van der Waals surface area contributed by atoms with Crippen molar-refractivity contribution in [2.45, 2.75) is 18.7 Å². The smallest absolute Gasteiger partial charge is 0.268 e. The SMILES string of the molecule is Cc1[nH]nc(NS(=O)(=O)c2cn(C)nc2N)c1C. The molecule has 0 fully saturated rings. The maximum absolute atomic E-state index is 12.1. The highest BCUT2D eigenvalue weighted by Crippen LogP contribution is 2.21. The second-order valence-electron chi connectivity index (χ2n) is 3.98. The van der Waals surface area contributed by atoms with E-state index in [9.17, 15) is 8.42 Å². The Hall–Kier alpha value is -2.03. The molecule has 2 aromatic heterocycles. The number of nitrogens with two attached hydrogens (primary N) is 1. The third-order valence-corrected chi connectivity index (χ3v) is 3.95. The Labute approximate surface area is 104 Å². The van der Waals surface area contributed by atoms with Crippen molar-refractivity contribution in [3.8, 4) is 0 Å². The molecule has 0 saturated heterocycles. The number of nitrogens with zero attached hydrogens (tertiary/aromatic N) is 3. The van der Waals surface area contributed by atoms with Crippen LogP contribution >= 0.6 is 0 Å². The minimum atomic E-state index is -3.77. The number of nitrogens with one attached hydrogen (secondary N) is 2. The summed E-state index contributed by atoms with van der Waals surface area (Å²) >= 11 is 0. The molecule has 0 atom stereocenters. The van der Waals surface area contributed by atoms with Gasteiger partial charge in [-0.1, -0.05) is 0 Å². The molecule has 0 aliphatic heterocycles. The van der Waals surface area contributed by atoms with Crippen molar-refractivity contribution < 1.29 is 8.42 Å². The van der Waals surface area contributed by atoms with Gasteiger partial charge in [0.15, 0.2) is 11.6 Å². The van der Waals surface area contributed by atoms with Crippen molar-refractivity contribution >= 4 is 21.7 Å². The van der Waals surface area contributed by atoms with Crippen molar-refractivity contribution in [3.63, 3.8) is 0 Å². The number of H-pyrrole nitrogens is 1. The summed E-state index contributed by atoms with van der Waals surface area (Å²) in [7, 11) is -2.18. The second kappa shape index (κ2) is 4.02. The number of sulfonamides is 1. The highest BCUT2D eigenvalue weighted by atomic mass is 32.2. The molecule has 0 unspecified atom stereocenters. The predicted molar refractivity (Wildman–Crippen MR) is 66.5 cm³/mol. The lowest BCUT2D eigenvalue weighted by Crippen LogP contribution is -2.14. The molecule has 9 heteroatoms. The number of anilines is 2. The topological polar surface area (TPSA) is 119 Å². The zero-order chi connectivity index (χ0) is 13.5. The lowest BCUT2D eigenvalue weighted by molar-refractivity contribution is 0.601. The van der Waals surface area contributed by atoms with Crippen LogP contribution in [0.2, 0.25) is 0 Å². The first kappa shape index (κ1) is 12.4. The monoisotopic (exact) mass is 270 g/mol.